The fourth-order valence-corrected chi connectivity index (χ4v) is 2.84. The van der Waals surface area contributed by atoms with Gasteiger partial charge in [-0.3, -0.25) is 0 Å². The first-order valence-electron chi connectivity index (χ1n) is 6.79. The Bertz CT molecular complexity index is 556. The van der Waals surface area contributed by atoms with Gasteiger partial charge in [-0.2, -0.15) is 0 Å². The lowest BCUT2D eigenvalue weighted by Gasteiger charge is -2.37. The summed E-state index contributed by atoms with van der Waals surface area (Å²) in [6.45, 7) is 2.16. The third-order valence-electron chi connectivity index (χ3n) is 3.87. The monoisotopic (exact) mass is 271 g/mol. The van der Waals surface area contributed by atoms with Crippen molar-refractivity contribution in [2.75, 3.05) is 5.32 Å². The number of hydrogen-bond donors (Lipinski definition) is 1. The van der Waals surface area contributed by atoms with Gasteiger partial charge < -0.3 is 5.32 Å². The zero-order valence-electron chi connectivity index (χ0n) is 11.1. The third-order valence-corrected chi connectivity index (χ3v) is 4.12. The molecular weight excluding hydrogens is 254 g/mol. The molecule has 0 spiro atoms. The average Bonchev–Trinajstić information content (AvgIpc) is 2.35. The van der Waals surface area contributed by atoms with Crippen molar-refractivity contribution in [3.05, 3.63) is 64.7 Å². The van der Waals surface area contributed by atoms with E-state index in [9.17, 15) is 0 Å². The van der Waals surface area contributed by atoms with Crippen molar-refractivity contribution in [2.45, 2.75) is 31.7 Å². The number of anilines is 1. The second kappa shape index (κ2) is 5.26. The van der Waals surface area contributed by atoms with Crippen molar-refractivity contribution in [2.24, 2.45) is 0 Å². The molecule has 0 saturated heterocycles. The van der Waals surface area contributed by atoms with Crippen molar-refractivity contribution in [1.82, 2.24) is 0 Å². The van der Waals surface area contributed by atoms with Gasteiger partial charge in [-0.25, -0.2) is 0 Å². The molecule has 1 aliphatic rings. The molecule has 19 heavy (non-hydrogen) atoms. The van der Waals surface area contributed by atoms with Crippen LogP contribution in [0.25, 0.3) is 0 Å². The molecule has 0 unspecified atom stereocenters. The van der Waals surface area contributed by atoms with Crippen LogP contribution < -0.4 is 5.32 Å². The van der Waals surface area contributed by atoms with Gasteiger partial charge in [-0.1, -0.05) is 41.4 Å². The predicted molar refractivity (Wildman–Crippen MR) is 82.0 cm³/mol. The quantitative estimate of drug-likeness (QED) is 0.828. The van der Waals surface area contributed by atoms with Crippen LogP contribution in [0.4, 0.5) is 5.69 Å². The van der Waals surface area contributed by atoms with Crippen LogP contribution in [-0.4, -0.2) is 6.04 Å². The first-order valence-corrected chi connectivity index (χ1v) is 7.17. The molecule has 2 heteroatoms. The maximum atomic E-state index is 5.89. The molecule has 98 valence electrons. The zero-order valence-corrected chi connectivity index (χ0v) is 11.8. The van der Waals surface area contributed by atoms with Crippen LogP contribution in [0, 0.1) is 6.92 Å². The highest BCUT2D eigenvalue weighted by Crippen LogP contribution is 2.38. The van der Waals surface area contributed by atoms with E-state index >= 15 is 0 Å². The van der Waals surface area contributed by atoms with E-state index in [0.29, 0.717) is 12.0 Å². The molecule has 1 fully saturated rings. The first kappa shape index (κ1) is 12.6. The average molecular weight is 272 g/mol. The lowest BCUT2D eigenvalue weighted by Crippen LogP contribution is -2.33. The van der Waals surface area contributed by atoms with Gasteiger partial charge in [0.05, 0.1) is 0 Å². The maximum Gasteiger partial charge on any atom is 0.0407 e. The van der Waals surface area contributed by atoms with Crippen LogP contribution in [0.5, 0.6) is 0 Å². The van der Waals surface area contributed by atoms with E-state index in [-0.39, 0.29) is 0 Å². The number of hydrogen-bond acceptors (Lipinski definition) is 1. The highest BCUT2D eigenvalue weighted by molar-refractivity contribution is 6.30. The normalized spacial score (nSPS) is 21.8. The van der Waals surface area contributed by atoms with E-state index in [4.69, 9.17) is 11.6 Å². The Kier molecular flexibility index (Phi) is 3.48. The van der Waals surface area contributed by atoms with Gasteiger partial charge in [0, 0.05) is 16.8 Å². The van der Waals surface area contributed by atoms with Gasteiger partial charge in [-0.05, 0) is 55.5 Å². The number of rotatable bonds is 3. The van der Waals surface area contributed by atoms with E-state index in [0.717, 1.165) is 10.7 Å². The summed E-state index contributed by atoms with van der Waals surface area (Å²) in [5.74, 6) is 0.713. The molecule has 0 amide bonds. The number of nitrogens with one attached hydrogen (secondary N) is 1. The van der Waals surface area contributed by atoms with Gasteiger partial charge in [-0.15, -0.1) is 0 Å². The minimum atomic E-state index is 0.590. The molecule has 1 N–H and O–H groups in total. The summed E-state index contributed by atoms with van der Waals surface area (Å²) in [6, 6.07) is 17.4. The molecule has 0 radical (unpaired) electrons. The summed E-state index contributed by atoms with van der Waals surface area (Å²) >= 11 is 5.89. The van der Waals surface area contributed by atoms with Gasteiger partial charge in [0.1, 0.15) is 0 Å². The van der Waals surface area contributed by atoms with Gasteiger partial charge in [0.25, 0.3) is 0 Å². The fourth-order valence-electron chi connectivity index (χ4n) is 2.71. The van der Waals surface area contributed by atoms with E-state index < -0.39 is 0 Å². The Morgan fingerprint density at radius 3 is 2.47 bits per heavy atom. The summed E-state index contributed by atoms with van der Waals surface area (Å²) in [6.07, 6.45) is 2.43. The van der Waals surface area contributed by atoms with Crippen LogP contribution >= 0.6 is 11.6 Å². The molecule has 0 heterocycles. The predicted octanol–water partition coefficient (Wildman–Crippen LogP) is 5.01. The summed E-state index contributed by atoms with van der Waals surface area (Å²) < 4.78 is 0. The van der Waals surface area contributed by atoms with E-state index in [1.807, 2.05) is 24.3 Å². The molecule has 0 atom stereocenters. The summed E-state index contributed by atoms with van der Waals surface area (Å²) in [7, 11) is 0. The third kappa shape index (κ3) is 2.93. The molecular formula is C17H18ClN. The smallest absolute Gasteiger partial charge is 0.0407 e. The zero-order chi connectivity index (χ0) is 13.2. The van der Waals surface area contributed by atoms with Gasteiger partial charge >= 0.3 is 0 Å². The Labute approximate surface area is 119 Å². The molecule has 1 saturated carbocycles. The number of halogens is 1. The minimum absolute atomic E-state index is 0.590. The Hall–Kier alpha value is -1.47. The second-order valence-electron chi connectivity index (χ2n) is 5.43. The minimum Gasteiger partial charge on any atom is -0.382 e. The van der Waals surface area contributed by atoms with Crippen LogP contribution in [0.1, 0.15) is 29.9 Å². The van der Waals surface area contributed by atoms with Crippen molar-refractivity contribution >= 4 is 17.3 Å². The standard InChI is InChI=1S/C17H18ClN/c1-12-3-2-4-13(9-12)14-10-17(11-14)19-16-7-5-15(18)6-8-16/h2-9,14,17,19H,10-11H2,1H3. The Morgan fingerprint density at radius 1 is 1.05 bits per heavy atom. The maximum absolute atomic E-state index is 5.89. The Morgan fingerprint density at radius 2 is 1.79 bits per heavy atom. The van der Waals surface area contributed by atoms with Crippen molar-refractivity contribution in [3.63, 3.8) is 0 Å². The van der Waals surface area contributed by atoms with E-state index in [2.05, 4.69) is 36.5 Å². The van der Waals surface area contributed by atoms with Crippen molar-refractivity contribution in [1.29, 1.82) is 0 Å². The topological polar surface area (TPSA) is 12.0 Å². The van der Waals surface area contributed by atoms with E-state index in [1.54, 1.807) is 0 Å². The molecule has 1 nitrogen and oxygen atoms in total. The fraction of sp³-hybridized carbons (Fsp3) is 0.294. The highest BCUT2D eigenvalue weighted by Gasteiger charge is 2.30. The van der Waals surface area contributed by atoms with Gasteiger partial charge in [0.2, 0.25) is 0 Å². The first-order chi connectivity index (χ1) is 9.20. The van der Waals surface area contributed by atoms with Crippen LogP contribution in [0.15, 0.2) is 48.5 Å². The summed E-state index contributed by atoms with van der Waals surface area (Å²) in [5, 5.41) is 4.35. The number of aryl methyl sites for hydroxylation is 1. The molecule has 2 aromatic carbocycles. The lowest BCUT2D eigenvalue weighted by molar-refractivity contribution is 0.374. The van der Waals surface area contributed by atoms with Crippen LogP contribution in [-0.2, 0) is 0 Å². The van der Waals surface area contributed by atoms with Crippen LogP contribution in [0.3, 0.4) is 0 Å². The molecule has 0 aromatic heterocycles. The number of benzene rings is 2. The highest BCUT2D eigenvalue weighted by atomic mass is 35.5. The van der Waals surface area contributed by atoms with Gasteiger partial charge in [0.15, 0.2) is 0 Å². The molecule has 2 aromatic rings. The van der Waals surface area contributed by atoms with E-state index in [1.165, 1.54) is 24.0 Å². The lowest BCUT2D eigenvalue weighted by atomic mass is 9.75. The molecule has 3 rings (SSSR count). The molecule has 0 bridgehead atoms. The molecule has 0 aliphatic heterocycles. The Balaban J connectivity index is 1.57. The second-order valence-corrected chi connectivity index (χ2v) is 5.87. The summed E-state index contributed by atoms with van der Waals surface area (Å²) in [5.41, 5.74) is 4.00. The summed E-state index contributed by atoms with van der Waals surface area (Å²) in [4.78, 5) is 0. The largest absolute Gasteiger partial charge is 0.382 e. The van der Waals surface area contributed by atoms with Crippen molar-refractivity contribution < 1.29 is 0 Å². The molecule has 1 aliphatic carbocycles. The SMILES string of the molecule is Cc1cccc(C2CC(Nc3ccc(Cl)cc3)C2)c1. The van der Waals surface area contributed by atoms with Crippen LogP contribution in [0.2, 0.25) is 5.02 Å². The van der Waals surface area contributed by atoms with Crippen molar-refractivity contribution in [3.8, 4) is 0 Å².